The summed E-state index contributed by atoms with van der Waals surface area (Å²) in [5.41, 5.74) is 16.0. The van der Waals surface area contributed by atoms with E-state index in [1.807, 2.05) is 6.20 Å². The number of benzene rings is 1. The van der Waals surface area contributed by atoms with Gasteiger partial charge in [-0.05, 0) is 42.0 Å². The molecule has 1 aromatic carbocycles. The second kappa shape index (κ2) is 5.43. The molecule has 3 heterocycles. The number of fused-ring (bicyclic) bond motifs is 5. The van der Waals surface area contributed by atoms with Gasteiger partial charge >= 0.3 is 0 Å². The van der Waals surface area contributed by atoms with Gasteiger partial charge in [0.05, 0.1) is 22.6 Å². The van der Waals surface area contributed by atoms with Gasteiger partial charge in [-0.25, -0.2) is 10.4 Å². The van der Waals surface area contributed by atoms with Crippen LogP contribution < -0.4 is 10.9 Å². The van der Waals surface area contributed by atoms with Crippen molar-refractivity contribution in [3.63, 3.8) is 0 Å². The molecule has 0 atom stereocenters. The molecule has 0 unspecified atom stereocenters. The zero-order valence-electron chi connectivity index (χ0n) is 14.5. The van der Waals surface area contributed by atoms with Gasteiger partial charge in [-0.1, -0.05) is 26.0 Å². The molecule has 1 aliphatic carbocycles. The highest BCUT2D eigenvalue weighted by molar-refractivity contribution is 5.98. The molecule has 3 aromatic rings. The van der Waals surface area contributed by atoms with Crippen LogP contribution in [0.3, 0.4) is 0 Å². The number of pyridine rings is 1. The average Bonchev–Trinajstić information content (AvgIpc) is 3.29. The van der Waals surface area contributed by atoms with Gasteiger partial charge in [0, 0.05) is 29.3 Å². The third-order valence-corrected chi connectivity index (χ3v) is 5.21. The first-order valence-electron chi connectivity index (χ1n) is 8.92. The van der Waals surface area contributed by atoms with Crippen molar-refractivity contribution in [1.29, 1.82) is 0 Å². The Labute approximate surface area is 146 Å². The van der Waals surface area contributed by atoms with E-state index in [1.54, 1.807) is 0 Å². The average molecular weight is 331 g/mol. The minimum Gasteiger partial charge on any atom is -0.321 e. The lowest BCUT2D eigenvalue weighted by Crippen LogP contribution is -2.10. The maximum atomic E-state index is 5.10. The second-order valence-corrected chi connectivity index (χ2v) is 7.10. The first-order chi connectivity index (χ1) is 12.2. The zero-order chi connectivity index (χ0) is 17.0. The van der Waals surface area contributed by atoms with Gasteiger partial charge < -0.3 is 5.43 Å². The SMILES string of the molecule is CC(C)c1n[nH]cc1-c1nc2ccc3c(c2c2c1CCC=C2)CNN3. The molecule has 0 radical (unpaired) electrons. The van der Waals surface area contributed by atoms with Crippen LogP contribution in [0.15, 0.2) is 24.4 Å². The minimum atomic E-state index is 0.363. The highest BCUT2D eigenvalue weighted by Crippen LogP contribution is 2.39. The molecular weight excluding hydrogens is 310 g/mol. The summed E-state index contributed by atoms with van der Waals surface area (Å²) in [7, 11) is 0. The van der Waals surface area contributed by atoms with Gasteiger partial charge in [0.1, 0.15) is 0 Å². The molecule has 0 spiro atoms. The van der Waals surface area contributed by atoms with Crippen molar-refractivity contribution in [3.8, 4) is 11.3 Å². The van der Waals surface area contributed by atoms with Crippen molar-refractivity contribution < 1.29 is 0 Å². The second-order valence-electron chi connectivity index (χ2n) is 7.10. The highest BCUT2D eigenvalue weighted by Gasteiger charge is 2.24. The number of aromatic amines is 1. The van der Waals surface area contributed by atoms with Crippen molar-refractivity contribution >= 4 is 22.7 Å². The van der Waals surface area contributed by atoms with Crippen molar-refractivity contribution in [1.82, 2.24) is 20.6 Å². The number of nitrogens with zero attached hydrogens (tertiary/aromatic N) is 2. The molecule has 2 aliphatic rings. The van der Waals surface area contributed by atoms with Crippen LogP contribution in [0, 0.1) is 0 Å². The largest absolute Gasteiger partial charge is 0.321 e. The minimum absolute atomic E-state index is 0.363. The standard InChI is InChI=1S/C20H21N5/c1-11(2)19-15(10-22-25-19)20-13-6-4-3-5-12(13)18-14-9-21-24-16(14)7-8-17(18)23-20/h3,5,7-8,10-11,21,24H,4,6,9H2,1-2H3,(H,22,25). The smallest absolute Gasteiger partial charge is 0.0782 e. The van der Waals surface area contributed by atoms with Gasteiger partial charge in [0.15, 0.2) is 0 Å². The number of hydrogen-bond donors (Lipinski definition) is 3. The zero-order valence-corrected chi connectivity index (χ0v) is 14.5. The number of H-pyrrole nitrogens is 1. The fourth-order valence-corrected chi connectivity index (χ4v) is 4.04. The summed E-state index contributed by atoms with van der Waals surface area (Å²) in [4.78, 5) is 5.10. The highest BCUT2D eigenvalue weighted by atomic mass is 15.4. The molecule has 2 aromatic heterocycles. The van der Waals surface area contributed by atoms with Gasteiger partial charge in [-0.15, -0.1) is 0 Å². The van der Waals surface area contributed by atoms with Crippen LogP contribution in [0.5, 0.6) is 0 Å². The Balaban J connectivity index is 1.86. The third kappa shape index (κ3) is 2.12. The van der Waals surface area contributed by atoms with Crippen molar-refractivity contribution in [2.45, 2.75) is 39.2 Å². The van der Waals surface area contributed by atoms with Gasteiger partial charge in [0.25, 0.3) is 0 Å². The molecule has 0 fully saturated rings. The molecule has 5 heteroatoms. The molecule has 0 saturated carbocycles. The molecule has 0 bridgehead atoms. The molecule has 126 valence electrons. The van der Waals surface area contributed by atoms with Crippen LogP contribution in [-0.4, -0.2) is 15.2 Å². The Bertz CT molecular complexity index is 1010. The molecule has 0 amide bonds. The van der Waals surface area contributed by atoms with E-state index in [4.69, 9.17) is 4.98 Å². The maximum Gasteiger partial charge on any atom is 0.0782 e. The fraction of sp³-hybridized carbons (Fsp3) is 0.300. The maximum absolute atomic E-state index is 5.10. The van der Waals surface area contributed by atoms with Crippen molar-refractivity contribution in [2.24, 2.45) is 0 Å². The van der Waals surface area contributed by atoms with E-state index >= 15 is 0 Å². The normalized spacial score (nSPS) is 15.5. The molecule has 5 rings (SSSR count). The van der Waals surface area contributed by atoms with Crippen LogP contribution in [0.25, 0.3) is 28.2 Å². The Hall–Kier alpha value is -2.66. The summed E-state index contributed by atoms with van der Waals surface area (Å²) >= 11 is 0. The number of hydrogen-bond acceptors (Lipinski definition) is 4. The van der Waals surface area contributed by atoms with E-state index in [0.717, 1.165) is 47.5 Å². The number of aromatic nitrogens is 3. The van der Waals surface area contributed by atoms with E-state index in [9.17, 15) is 0 Å². The van der Waals surface area contributed by atoms with Crippen LogP contribution in [-0.2, 0) is 13.0 Å². The van der Waals surface area contributed by atoms with Crippen LogP contribution >= 0.6 is 0 Å². The number of hydrazine groups is 1. The summed E-state index contributed by atoms with van der Waals surface area (Å²) in [5.74, 6) is 0.363. The van der Waals surface area contributed by atoms with Gasteiger partial charge in [0.2, 0.25) is 0 Å². The Morgan fingerprint density at radius 1 is 1.16 bits per heavy atom. The Morgan fingerprint density at radius 2 is 2.08 bits per heavy atom. The summed E-state index contributed by atoms with van der Waals surface area (Å²) < 4.78 is 0. The molecule has 5 nitrogen and oxygen atoms in total. The van der Waals surface area contributed by atoms with E-state index in [1.165, 1.54) is 22.1 Å². The predicted octanol–water partition coefficient (Wildman–Crippen LogP) is 4.14. The monoisotopic (exact) mass is 331 g/mol. The summed E-state index contributed by atoms with van der Waals surface area (Å²) in [6, 6.07) is 4.24. The number of nitrogens with one attached hydrogen (secondary N) is 3. The van der Waals surface area contributed by atoms with E-state index in [2.05, 4.69) is 59.2 Å². The fourth-order valence-electron chi connectivity index (χ4n) is 4.04. The number of anilines is 1. The molecule has 0 saturated heterocycles. The van der Waals surface area contributed by atoms with Crippen LogP contribution in [0.4, 0.5) is 5.69 Å². The summed E-state index contributed by atoms with van der Waals surface area (Å²) in [5, 5.41) is 8.80. The lowest BCUT2D eigenvalue weighted by Gasteiger charge is -2.19. The summed E-state index contributed by atoms with van der Waals surface area (Å²) in [6.07, 6.45) is 8.64. The first-order valence-corrected chi connectivity index (χ1v) is 8.92. The molecule has 3 N–H and O–H groups in total. The van der Waals surface area contributed by atoms with E-state index in [-0.39, 0.29) is 0 Å². The van der Waals surface area contributed by atoms with Gasteiger partial charge in [-0.2, -0.15) is 5.10 Å². The van der Waals surface area contributed by atoms with Crippen LogP contribution in [0.1, 0.15) is 48.6 Å². The number of rotatable bonds is 2. The van der Waals surface area contributed by atoms with Crippen molar-refractivity contribution in [2.75, 3.05) is 5.43 Å². The molecule has 1 aliphatic heterocycles. The lowest BCUT2D eigenvalue weighted by molar-refractivity contribution is 0.811. The van der Waals surface area contributed by atoms with Gasteiger partial charge in [-0.3, -0.25) is 5.10 Å². The van der Waals surface area contributed by atoms with Crippen molar-refractivity contribution in [3.05, 3.63) is 46.8 Å². The quantitative estimate of drug-likeness (QED) is 0.660. The Morgan fingerprint density at radius 3 is 2.96 bits per heavy atom. The molecule has 25 heavy (non-hydrogen) atoms. The third-order valence-electron chi connectivity index (χ3n) is 5.21. The predicted molar refractivity (Wildman–Crippen MR) is 101 cm³/mol. The first kappa shape index (κ1) is 14.7. The summed E-state index contributed by atoms with van der Waals surface area (Å²) in [6.45, 7) is 5.19. The number of allylic oxidation sites excluding steroid dienone is 1. The van der Waals surface area contributed by atoms with E-state index in [0.29, 0.717) is 5.92 Å². The van der Waals surface area contributed by atoms with E-state index < -0.39 is 0 Å². The van der Waals surface area contributed by atoms with Crippen LogP contribution in [0.2, 0.25) is 0 Å². The Kier molecular flexibility index (Phi) is 3.18. The lowest BCUT2D eigenvalue weighted by atomic mass is 9.88. The topological polar surface area (TPSA) is 65.6 Å². The molecular formula is C20H21N5.